The first-order valence-corrected chi connectivity index (χ1v) is 21.5. The van der Waals surface area contributed by atoms with Gasteiger partial charge in [-0.2, -0.15) is 4.31 Å². The number of ether oxygens (including phenoxy) is 3. The number of esters is 3. The average Bonchev–Trinajstić information content (AvgIpc) is 3.17. The molecule has 0 aromatic heterocycles. The van der Waals surface area contributed by atoms with Gasteiger partial charge in [0.1, 0.15) is 18.1 Å². The Balaban J connectivity index is -0.000000145. The Morgan fingerprint density at radius 1 is 0.717 bits per heavy atom. The molecule has 0 saturated carbocycles. The number of methoxy groups -OCH3 is 1. The van der Waals surface area contributed by atoms with Crippen LogP contribution in [0.3, 0.4) is 0 Å². The fraction of sp³-hybridized carbons (Fsp3) is 0.694. The summed E-state index contributed by atoms with van der Waals surface area (Å²) < 4.78 is 41.7. The SMILES string of the molecule is C.C.C.C.C.C.CCC(C)(C)C(=O)OC.CCC(C)c1ccc(C(=O)Oc2ccc(O)cc2)cc1.CCCCCCCCS(=O)(=O)N(CCCC)CCOC(=O)C(C)CC. The van der Waals surface area contributed by atoms with Gasteiger partial charge in [-0.05, 0) is 93.8 Å². The van der Waals surface area contributed by atoms with E-state index in [-0.39, 0.29) is 92.5 Å². The minimum absolute atomic E-state index is 0. The standard InChI is InChI=1S/C19H39NO4S.C17H18O3.C7H14O2.6CH4/c1-5-8-10-11-12-13-17-25(22,23)20(14-9-6-2)15-16-24-19(21)18(4)7-3;1-3-12(2)13-4-6-14(7-5-13)17(19)20-16-10-8-15(18)9-11-16;1-5-7(2,3)6(8)9-4;;;;;;/h18H,5-17H2,1-4H3;4-12,18H,3H2,1-2H3;5H2,1-4H3;6*1H4. The van der Waals surface area contributed by atoms with Crippen molar-refractivity contribution < 1.29 is 42.1 Å². The van der Waals surface area contributed by atoms with Crippen LogP contribution >= 0.6 is 0 Å². The van der Waals surface area contributed by atoms with Crippen molar-refractivity contribution in [3.05, 3.63) is 59.7 Å². The fourth-order valence-electron chi connectivity index (χ4n) is 4.76. The number of phenols is 1. The molecular formula is C49H95NO9S. The number of rotatable bonds is 22. The molecule has 2 rings (SSSR count). The summed E-state index contributed by atoms with van der Waals surface area (Å²) in [5, 5.41) is 9.17. The molecule has 0 heterocycles. The largest absolute Gasteiger partial charge is 0.508 e. The molecule has 0 aliphatic heterocycles. The van der Waals surface area contributed by atoms with Gasteiger partial charge in [-0.3, -0.25) is 9.59 Å². The number of phenolic OH excluding ortho intramolecular Hbond substituents is 1. The van der Waals surface area contributed by atoms with E-state index in [1.165, 1.54) is 48.4 Å². The number of carbonyl (C=O) groups is 3. The maximum absolute atomic E-state index is 12.6. The second-order valence-corrected chi connectivity index (χ2v) is 16.4. The summed E-state index contributed by atoms with van der Waals surface area (Å²) in [7, 11) is -1.85. The lowest BCUT2D eigenvalue weighted by Gasteiger charge is -2.22. The normalized spacial score (nSPS) is 11.1. The van der Waals surface area contributed by atoms with Crippen molar-refractivity contribution in [3.63, 3.8) is 0 Å². The highest BCUT2D eigenvalue weighted by molar-refractivity contribution is 7.89. The zero-order chi connectivity index (χ0) is 41.2. The highest BCUT2D eigenvalue weighted by Gasteiger charge is 2.25. The first kappa shape index (κ1) is 71.1. The minimum atomic E-state index is -3.27. The Morgan fingerprint density at radius 2 is 1.23 bits per heavy atom. The van der Waals surface area contributed by atoms with Crippen LogP contribution in [0.2, 0.25) is 0 Å². The van der Waals surface area contributed by atoms with Gasteiger partial charge < -0.3 is 19.3 Å². The molecule has 0 amide bonds. The molecule has 60 heavy (non-hydrogen) atoms. The third-order valence-electron chi connectivity index (χ3n) is 9.51. The van der Waals surface area contributed by atoms with Gasteiger partial charge in [0.2, 0.25) is 10.0 Å². The topological polar surface area (TPSA) is 137 Å². The van der Waals surface area contributed by atoms with Crippen LogP contribution in [0.25, 0.3) is 0 Å². The average molecular weight is 874 g/mol. The number of aromatic hydroxyl groups is 1. The van der Waals surface area contributed by atoms with Gasteiger partial charge in [0.05, 0.1) is 29.8 Å². The van der Waals surface area contributed by atoms with E-state index in [0.29, 0.717) is 30.2 Å². The van der Waals surface area contributed by atoms with Crippen LogP contribution in [0.15, 0.2) is 48.5 Å². The Hall–Kier alpha value is -3.44. The summed E-state index contributed by atoms with van der Waals surface area (Å²) in [5.74, 6) is 0.326. The van der Waals surface area contributed by atoms with Crippen molar-refractivity contribution >= 4 is 27.9 Å². The predicted octanol–water partition coefficient (Wildman–Crippen LogP) is 13.9. The number of carbonyl (C=O) groups excluding carboxylic acids is 3. The smallest absolute Gasteiger partial charge is 0.343 e. The highest BCUT2D eigenvalue weighted by Crippen LogP contribution is 2.22. The van der Waals surface area contributed by atoms with E-state index < -0.39 is 16.0 Å². The molecule has 0 aliphatic rings. The van der Waals surface area contributed by atoms with E-state index in [4.69, 9.17) is 9.47 Å². The van der Waals surface area contributed by atoms with E-state index in [0.717, 1.165) is 44.9 Å². The number of unbranched alkanes of at least 4 members (excludes halogenated alkanes) is 6. The Kier molecular flexibility index (Phi) is 47.0. The second-order valence-electron chi connectivity index (χ2n) is 14.4. The lowest BCUT2D eigenvalue weighted by Crippen LogP contribution is -2.37. The van der Waals surface area contributed by atoms with Gasteiger partial charge >= 0.3 is 17.9 Å². The summed E-state index contributed by atoms with van der Waals surface area (Å²) in [5.41, 5.74) is 1.42. The third kappa shape index (κ3) is 29.7. The van der Waals surface area contributed by atoms with Crippen molar-refractivity contribution in [2.75, 3.05) is 32.6 Å². The van der Waals surface area contributed by atoms with Gasteiger partial charge in [0, 0.05) is 13.1 Å². The van der Waals surface area contributed by atoms with Gasteiger partial charge in [-0.1, -0.05) is 144 Å². The number of benzene rings is 2. The maximum atomic E-state index is 12.6. The van der Waals surface area contributed by atoms with Crippen LogP contribution in [-0.4, -0.2) is 68.3 Å². The summed E-state index contributed by atoms with van der Waals surface area (Å²) in [6.07, 6.45) is 10.8. The molecule has 2 aromatic rings. The molecule has 1 N–H and O–H groups in total. The molecule has 0 saturated heterocycles. The van der Waals surface area contributed by atoms with Crippen LogP contribution in [-0.2, 0) is 29.1 Å². The van der Waals surface area contributed by atoms with Gasteiger partial charge in [-0.25, -0.2) is 13.2 Å². The zero-order valence-electron chi connectivity index (χ0n) is 34.9. The van der Waals surface area contributed by atoms with Crippen molar-refractivity contribution in [2.45, 2.75) is 183 Å². The maximum Gasteiger partial charge on any atom is 0.343 e. The Labute approximate surface area is 371 Å². The predicted molar refractivity (Wildman–Crippen MR) is 259 cm³/mol. The number of nitrogens with zero attached hydrogens (tertiary/aromatic N) is 1. The van der Waals surface area contributed by atoms with Crippen molar-refractivity contribution in [1.82, 2.24) is 4.31 Å². The molecule has 0 bridgehead atoms. The first-order valence-electron chi connectivity index (χ1n) is 19.9. The van der Waals surface area contributed by atoms with Crippen molar-refractivity contribution in [1.29, 1.82) is 0 Å². The minimum Gasteiger partial charge on any atom is -0.508 e. The molecule has 0 radical (unpaired) electrons. The molecular weight excluding hydrogens is 779 g/mol. The first-order chi connectivity index (χ1) is 25.5. The monoisotopic (exact) mass is 874 g/mol. The molecule has 2 aromatic carbocycles. The Bertz CT molecular complexity index is 1430. The lowest BCUT2D eigenvalue weighted by atomic mass is 9.91. The molecule has 2 unspecified atom stereocenters. The summed E-state index contributed by atoms with van der Waals surface area (Å²) >= 11 is 0. The molecule has 11 heteroatoms. The second kappa shape index (κ2) is 39.7. The van der Waals surface area contributed by atoms with Crippen LogP contribution in [0, 0.1) is 11.3 Å². The third-order valence-corrected chi connectivity index (χ3v) is 11.5. The summed E-state index contributed by atoms with van der Waals surface area (Å²) in [4.78, 5) is 34.5. The molecule has 0 aliphatic carbocycles. The van der Waals surface area contributed by atoms with E-state index >= 15 is 0 Å². The van der Waals surface area contributed by atoms with E-state index in [9.17, 15) is 27.9 Å². The van der Waals surface area contributed by atoms with Crippen LogP contribution in [0.4, 0.5) is 0 Å². The molecule has 0 spiro atoms. The number of hydrogen-bond acceptors (Lipinski definition) is 9. The Morgan fingerprint density at radius 3 is 1.68 bits per heavy atom. The highest BCUT2D eigenvalue weighted by atomic mass is 32.2. The van der Waals surface area contributed by atoms with Gasteiger partial charge in [-0.15, -0.1) is 0 Å². The van der Waals surface area contributed by atoms with Crippen molar-refractivity contribution in [3.8, 4) is 11.5 Å². The van der Waals surface area contributed by atoms with Crippen LogP contribution in [0.1, 0.15) is 199 Å². The summed E-state index contributed by atoms with van der Waals surface area (Å²) in [6.45, 7) is 18.9. The van der Waals surface area contributed by atoms with E-state index in [1.807, 2.05) is 53.7 Å². The lowest BCUT2D eigenvalue weighted by molar-refractivity contribution is -0.151. The van der Waals surface area contributed by atoms with Gasteiger partial charge in [0.25, 0.3) is 0 Å². The van der Waals surface area contributed by atoms with Crippen LogP contribution < -0.4 is 4.74 Å². The zero-order valence-corrected chi connectivity index (χ0v) is 35.8. The van der Waals surface area contributed by atoms with Gasteiger partial charge in [0.15, 0.2) is 0 Å². The molecule has 0 fully saturated rings. The molecule has 356 valence electrons. The quantitative estimate of drug-likeness (QED) is 0.0696. The molecule has 10 nitrogen and oxygen atoms in total. The van der Waals surface area contributed by atoms with E-state index in [1.54, 1.807) is 24.3 Å². The van der Waals surface area contributed by atoms with Crippen molar-refractivity contribution in [2.24, 2.45) is 11.3 Å². The van der Waals surface area contributed by atoms with E-state index in [2.05, 4.69) is 25.5 Å². The fourth-order valence-corrected chi connectivity index (χ4v) is 6.35. The summed E-state index contributed by atoms with van der Waals surface area (Å²) in [6, 6.07) is 13.6. The number of hydrogen-bond donors (Lipinski definition) is 1. The van der Waals surface area contributed by atoms with Crippen LogP contribution in [0.5, 0.6) is 11.5 Å². The number of sulfonamides is 1. The molecule has 2 atom stereocenters.